The van der Waals surface area contributed by atoms with E-state index in [0.717, 1.165) is 37.0 Å². The predicted molar refractivity (Wildman–Crippen MR) is 81.6 cm³/mol. The van der Waals surface area contributed by atoms with Gasteiger partial charge in [0.05, 0.1) is 4.92 Å². The van der Waals surface area contributed by atoms with Crippen LogP contribution in [0.2, 0.25) is 0 Å². The average molecular weight is 290 g/mol. The molecule has 3 N–H and O–H groups in total. The van der Waals surface area contributed by atoms with Crippen molar-refractivity contribution in [1.82, 2.24) is 4.90 Å². The Hall–Kier alpha value is -1.66. The summed E-state index contributed by atoms with van der Waals surface area (Å²) in [6.07, 6.45) is 5.32. The average Bonchev–Trinajstić information content (AvgIpc) is 3.35. The van der Waals surface area contributed by atoms with Gasteiger partial charge < -0.3 is 5.43 Å². The Morgan fingerprint density at radius 2 is 1.86 bits per heavy atom. The zero-order chi connectivity index (χ0) is 14.8. The van der Waals surface area contributed by atoms with Crippen molar-refractivity contribution in [2.24, 2.45) is 17.7 Å². The summed E-state index contributed by atoms with van der Waals surface area (Å²) in [5.74, 6) is 7.00. The maximum absolute atomic E-state index is 11.1. The van der Waals surface area contributed by atoms with Crippen molar-refractivity contribution in [2.75, 3.05) is 18.5 Å². The number of nitrogen functional groups attached to an aromatic ring is 1. The van der Waals surface area contributed by atoms with E-state index in [-0.39, 0.29) is 10.6 Å². The molecule has 0 aromatic heterocycles. The summed E-state index contributed by atoms with van der Waals surface area (Å²) >= 11 is 0. The highest BCUT2D eigenvalue weighted by atomic mass is 16.6. The summed E-state index contributed by atoms with van der Waals surface area (Å²) < 4.78 is 0. The molecule has 6 nitrogen and oxygen atoms in total. The molecule has 0 saturated heterocycles. The van der Waals surface area contributed by atoms with Gasteiger partial charge in [0.15, 0.2) is 0 Å². The van der Waals surface area contributed by atoms with Crippen molar-refractivity contribution < 1.29 is 4.92 Å². The van der Waals surface area contributed by atoms with Gasteiger partial charge in [-0.3, -0.25) is 20.9 Å². The highest BCUT2D eigenvalue weighted by molar-refractivity contribution is 5.61. The third-order valence-electron chi connectivity index (χ3n) is 4.25. The number of benzene rings is 1. The van der Waals surface area contributed by atoms with Crippen molar-refractivity contribution in [3.63, 3.8) is 0 Å². The van der Waals surface area contributed by atoms with E-state index >= 15 is 0 Å². The Labute approximate surface area is 124 Å². The largest absolute Gasteiger partial charge is 0.318 e. The van der Waals surface area contributed by atoms with Crippen LogP contribution in [-0.4, -0.2) is 22.9 Å². The maximum atomic E-state index is 11.1. The van der Waals surface area contributed by atoms with Crippen molar-refractivity contribution >= 4 is 11.4 Å². The smallest absolute Gasteiger partial charge is 0.293 e. The summed E-state index contributed by atoms with van der Waals surface area (Å²) in [7, 11) is 0. The van der Waals surface area contributed by atoms with Gasteiger partial charge in [-0.25, -0.2) is 0 Å². The molecule has 0 bridgehead atoms. The van der Waals surface area contributed by atoms with E-state index in [1.165, 1.54) is 25.7 Å². The first-order valence-corrected chi connectivity index (χ1v) is 7.62. The molecule has 0 atom stereocenters. The molecule has 3 rings (SSSR count). The zero-order valence-electron chi connectivity index (χ0n) is 12.1. The fourth-order valence-corrected chi connectivity index (χ4v) is 2.74. The second kappa shape index (κ2) is 5.99. The fourth-order valence-electron chi connectivity index (χ4n) is 2.74. The van der Waals surface area contributed by atoms with E-state index in [0.29, 0.717) is 5.69 Å². The first kappa shape index (κ1) is 14.3. The number of nitrogens with one attached hydrogen (secondary N) is 1. The summed E-state index contributed by atoms with van der Waals surface area (Å²) in [5.41, 5.74) is 3.78. The first-order chi connectivity index (χ1) is 10.2. The molecule has 1 aromatic carbocycles. The summed E-state index contributed by atoms with van der Waals surface area (Å²) in [6.45, 7) is 3.04. The number of hydrazine groups is 1. The Morgan fingerprint density at radius 1 is 1.24 bits per heavy atom. The van der Waals surface area contributed by atoms with Crippen LogP contribution >= 0.6 is 0 Å². The van der Waals surface area contributed by atoms with E-state index in [2.05, 4.69) is 10.3 Å². The summed E-state index contributed by atoms with van der Waals surface area (Å²) in [5, 5.41) is 11.1. The van der Waals surface area contributed by atoms with Crippen LogP contribution in [-0.2, 0) is 6.54 Å². The topological polar surface area (TPSA) is 84.4 Å². The zero-order valence-corrected chi connectivity index (χ0v) is 12.1. The van der Waals surface area contributed by atoms with Crippen molar-refractivity contribution in [2.45, 2.75) is 32.2 Å². The van der Waals surface area contributed by atoms with Gasteiger partial charge in [0, 0.05) is 25.7 Å². The molecule has 21 heavy (non-hydrogen) atoms. The molecule has 0 aliphatic heterocycles. The van der Waals surface area contributed by atoms with E-state index in [1.54, 1.807) is 12.1 Å². The predicted octanol–water partition coefficient (Wildman–Crippen LogP) is 2.50. The molecule has 0 heterocycles. The van der Waals surface area contributed by atoms with Crippen LogP contribution in [0.25, 0.3) is 0 Å². The van der Waals surface area contributed by atoms with Crippen LogP contribution in [0.15, 0.2) is 18.2 Å². The molecule has 0 unspecified atom stereocenters. The third kappa shape index (κ3) is 3.92. The van der Waals surface area contributed by atoms with Gasteiger partial charge in [0.1, 0.15) is 5.69 Å². The quantitative estimate of drug-likeness (QED) is 0.436. The van der Waals surface area contributed by atoms with Crippen LogP contribution in [0, 0.1) is 22.0 Å². The number of anilines is 1. The number of nitro benzene ring substituents is 1. The minimum Gasteiger partial charge on any atom is -0.318 e. The lowest BCUT2D eigenvalue weighted by molar-refractivity contribution is -0.384. The molecule has 0 spiro atoms. The van der Waals surface area contributed by atoms with E-state index < -0.39 is 0 Å². The van der Waals surface area contributed by atoms with Crippen LogP contribution < -0.4 is 11.3 Å². The van der Waals surface area contributed by atoms with Crippen LogP contribution in [0.1, 0.15) is 31.2 Å². The lowest BCUT2D eigenvalue weighted by atomic mass is 10.1. The number of hydrogen-bond donors (Lipinski definition) is 2. The molecule has 2 aliphatic carbocycles. The maximum Gasteiger partial charge on any atom is 0.293 e. The van der Waals surface area contributed by atoms with Gasteiger partial charge in [-0.1, -0.05) is 6.07 Å². The Kier molecular flexibility index (Phi) is 4.07. The first-order valence-electron chi connectivity index (χ1n) is 7.62. The Morgan fingerprint density at radius 3 is 2.33 bits per heavy atom. The molecular formula is C15H22N4O2. The van der Waals surface area contributed by atoms with E-state index in [1.807, 2.05) is 6.07 Å². The Bertz CT molecular complexity index is 512. The normalized spacial score (nSPS) is 18.0. The second-order valence-corrected chi connectivity index (χ2v) is 6.33. The van der Waals surface area contributed by atoms with Gasteiger partial charge in [0.25, 0.3) is 5.69 Å². The van der Waals surface area contributed by atoms with Crippen LogP contribution in [0.5, 0.6) is 0 Å². The van der Waals surface area contributed by atoms with Gasteiger partial charge >= 0.3 is 0 Å². The van der Waals surface area contributed by atoms with Crippen LogP contribution in [0.3, 0.4) is 0 Å². The molecule has 0 amide bonds. The van der Waals surface area contributed by atoms with Crippen molar-refractivity contribution in [3.8, 4) is 0 Å². The van der Waals surface area contributed by atoms with Gasteiger partial charge in [0.2, 0.25) is 0 Å². The van der Waals surface area contributed by atoms with E-state index in [9.17, 15) is 10.1 Å². The SMILES string of the molecule is NNc1ccc(CN(CC2CC2)CC2CC2)cc1[N+](=O)[O-]. The molecule has 2 saturated carbocycles. The lowest BCUT2D eigenvalue weighted by Gasteiger charge is -2.22. The van der Waals surface area contributed by atoms with Gasteiger partial charge in [-0.15, -0.1) is 0 Å². The Balaban J connectivity index is 1.71. The number of nitrogens with zero attached hydrogens (tertiary/aromatic N) is 2. The molecule has 2 aliphatic rings. The number of rotatable bonds is 8. The standard InChI is InChI=1S/C15H22N4O2/c16-17-14-6-5-13(7-15(14)19(20)21)10-18(8-11-1-2-11)9-12-3-4-12/h5-7,11-12,17H,1-4,8-10,16H2. The number of nitrogens with two attached hydrogens (primary N) is 1. The molecule has 2 fully saturated rings. The molecular weight excluding hydrogens is 268 g/mol. The number of hydrogen-bond acceptors (Lipinski definition) is 5. The minimum atomic E-state index is -0.384. The lowest BCUT2D eigenvalue weighted by Crippen LogP contribution is -2.27. The van der Waals surface area contributed by atoms with Gasteiger partial charge in [-0.2, -0.15) is 0 Å². The summed E-state index contributed by atoms with van der Waals surface area (Å²) in [4.78, 5) is 13.2. The molecule has 114 valence electrons. The van der Waals surface area contributed by atoms with E-state index in [4.69, 9.17) is 5.84 Å². The monoisotopic (exact) mass is 290 g/mol. The molecule has 0 radical (unpaired) electrons. The molecule has 6 heteroatoms. The highest BCUT2D eigenvalue weighted by Crippen LogP contribution is 2.34. The minimum absolute atomic E-state index is 0.0489. The number of nitro groups is 1. The van der Waals surface area contributed by atoms with Crippen molar-refractivity contribution in [1.29, 1.82) is 0 Å². The molecule has 1 aromatic rings. The third-order valence-corrected chi connectivity index (χ3v) is 4.25. The second-order valence-electron chi connectivity index (χ2n) is 6.33. The van der Waals surface area contributed by atoms with Crippen molar-refractivity contribution in [3.05, 3.63) is 33.9 Å². The van der Waals surface area contributed by atoms with Crippen LogP contribution in [0.4, 0.5) is 11.4 Å². The van der Waals surface area contributed by atoms with Gasteiger partial charge in [-0.05, 0) is 49.1 Å². The summed E-state index contributed by atoms with van der Waals surface area (Å²) in [6, 6.07) is 5.26. The highest BCUT2D eigenvalue weighted by Gasteiger charge is 2.29. The fraction of sp³-hybridized carbons (Fsp3) is 0.600.